The Morgan fingerprint density at radius 1 is 1.12 bits per heavy atom. The minimum Gasteiger partial charge on any atom is -0.289 e. The van der Waals surface area contributed by atoms with Crippen LogP contribution in [0.25, 0.3) is 6.08 Å². The zero-order valence-corrected chi connectivity index (χ0v) is 10.0. The summed E-state index contributed by atoms with van der Waals surface area (Å²) >= 11 is 11.7. The molecule has 3 nitrogen and oxygen atoms in total. The minimum atomic E-state index is -0.406. The molecule has 1 aromatic rings. The standard InChI is InChI=1S/C12H7Cl2NO2/c13-9-4-3-7(10(14)6-9)1-2-8-5-11(16)15-12(8)17/h1-6H,(H,15,16,17). The normalized spacial score (nSPS) is 15.3. The molecule has 0 saturated carbocycles. The van der Waals surface area contributed by atoms with Crippen molar-refractivity contribution in [2.75, 3.05) is 0 Å². The third-order valence-corrected chi connectivity index (χ3v) is 2.75. The van der Waals surface area contributed by atoms with Gasteiger partial charge in [-0.15, -0.1) is 0 Å². The van der Waals surface area contributed by atoms with E-state index < -0.39 is 11.8 Å². The molecule has 1 N–H and O–H groups in total. The maximum absolute atomic E-state index is 11.2. The summed E-state index contributed by atoms with van der Waals surface area (Å²) in [6.07, 6.45) is 4.43. The van der Waals surface area contributed by atoms with Gasteiger partial charge in [-0.3, -0.25) is 14.9 Å². The predicted octanol–water partition coefficient (Wildman–Crippen LogP) is 2.59. The van der Waals surface area contributed by atoms with E-state index in [0.717, 1.165) is 5.56 Å². The first kappa shape index (κ1) is 11.9. The first-order valence-corrected chi connectivity index (χ1v) is 5.52. The molecule has 0 spiro atoms. The lowest BCUT2D eigenvalue weighted by atomic mass is 10.1. The van der Waals surface area contributed by atoms with E-state index in [9.17, 15) is 9.59 Å². The summed E-state index contributed by atoms with van der Waals surface area (Å²) in [5, 5.41) is 3.18. The van der Waals surface area contributed by atoms with Gasteiger partial charge in [-0.25, -0.2) is 0 Å². The maximum Gasteiger partial charge on any atom is 0.258 e. The highest BCUT2D eigenvalue weighted by Crippen LogP contribution is 2.22. The summed E-state index contributed by atoms with van der Waals surface area (Å²) in [5.41, 5.74) is 1.03. The molecule has 17 heavy (non-hydrogen) atoms. The highest BCUT2D eigenvalue weighted by molar-refractivity contribution is 6.35. The van der Waals surface area contributed by atoms with Crippen molar-refractivity contribution >= 4 is 41.1 Å². The quantitative estimate of drug-likeness (QED) is 0.838. The predicted molar refractivity (Wildman–Crippen MR) is 66.7 cm³/mol. The zero-order chi connectivity index (χ0) is 12.4. The highest BCUT2D eigenvalue weighted by atomic mass is 35.5. The molecule has 2 rings (SSSR count). The second-order valence-electron chi connectivity index (χ2n) is 3.42. The third-order valence-electron chi connectivity index (χ3n) is 2.19. The number of carbonyl (C=O) groups excluding carboxylic acids is 2. The Kier molecular flexibility index (Phi) is 3.31. The average molecular weight is 268 g/mol. The molecule has 0 unspecified atom stereocenters. The van der Waals surface area contributed by atoms with Gasteiger partial charge in [0.15, 0.2) is 0 Å². The second kappa shape index (κ2) is 4.73. The summed E-state index contributed by atoms with van der Waals surface area (Å²) < 4.78 is 0. The largest absolute Gasteiger partial charge is 0.289 e. The van der Waals surface area contributed by atoms with Gasteiger partial charge in [0.25, 0.3) is 11.8 Å². The molecule has 0 saturated heterocycles. The molecule has 1 aromatic carbocycles. The lowest BCUT2D eigenvalue weighted by Gasteiger charge is -1.98. The molecule has 1 aliphatic heterocycles. The third kappa shape index (κ3) is 2.75. The molecule has 0 atom stereocenters. The molecular weight excluding hydrogens is 261 g/mol. The van der Waals surface area contributed by atoms with Crippen molar-refractivity contribution in [3.8, 4) is 0 Å². The van der Waals surface area contributed by atoms with Crippen molar-refractivity contribution in [1.82, 2.24) is 5.32 Å². The first-order valence-electron chi connectivity index (χ1n) is 4.76. The van der Waals surface area contributed by atoms with Crippen LogP contribution in [0.2, 0.25) is 10.0 Å². The number of imide groups is 1. The minimum absolute atomic E-state index is 0.306. The number of hydrogen-bond donors (Lipinski definition) is 1. The fraction of sp³-hybridized carbons (Fsp3) is 0. The van der Waals surface area contributed by atoms with Crippen LogP contribution in [0.5, 0.6) is 0 Å². The van der Waals surface area contributed by atoms with Gasteiger partial charge in [-0.2, -0.15) is 0 Å². The Balaban J connectivity index is 2.24. The molecule has 5 heteroatoms. The fourth-order valence-electron chi connectivity index (χ4n) is 1.37. The molecule has 0 fully saturated rings. The number of rotatable bonds is 2. The molecule has 86 valence electrons. The second-order valence-corrected chi connectivity index (χ2v) is 4.26. The number of benzene rings is 1. The topological polar surface area (TPSA) is 46.2 Å². The van der Waals surface area contributed by atoms with Crippen molar-refractivity contribution in [1.29, 1.82) is 0 Å². The van der Waals surface area contributed by atoms with Gasteiger partial charge in [0.2, 0.25) is 0 Å². The summed E-state index contributed by atoms with van der Waals surface area (Å²) in [5.74, 6) is -0.812. The molecule has 1 heterocycles. The van der Waals surface area contributed by atoms with Crippen molar-refractivity contribution in [2.24, 2.45) is 0 Å². The Morgan fingerprint density at radius 3 is 2.47 bits per heavy atom. The van der Waals surface area contributed by atoms with Crippen LogP contribution in [-0.4, -0.2) is 11.8 Å². The van der Waals surface area contributed by atoms with E-state index in [2.05, 4.69) is 5.32 Å². The van der Waals surface area contributed by atoms with Gasteiger partial charge < -0.3 is 0 Å². The van der Waals surface area contributed by atoms with E-state index >= 15 is 0 Å². The Hall–Kier alpha value is -1.58. The van der Waals surface area contributed by atoms with Crippen LogP contribution in [0.1, 0.15) is 5.56 Å². The van der Waals surface area contributed by atoms with Crippen LogP contribution in [0.15, 0.2) is 35.9 Å². The SMILES string of the molecule is O=C1C=C(C=Cc2ccc(Cl)cc2Cl)C(=O)N1. The van der Waals surface area contributed by atoms with Gasteiger partial charge in [-0.05, 0) is 23.8 Å². The Morgan fingerprint density at radius 2 is 1.88 bits per heavy atom. The summed E-state index contributed by atoms with van der Waals surface area (Å²) in [6, 6.07) is 5.04. The smallest absolute Gasteiger partial charge is 0.258 e. The van der Waals surface area contributed by atoms with Gasteiger partial charge in [0.05, 0.1) is 0 Å². The van der Waals surface area contributed by atoms with Gasteiger partial charge in [-0.1, -0.05) is 35.3 Å². The van der Waals surface area contributed by atoms with Gasteiger partial charge in [0, 0.05) is 21.7 Å². The number of amides is 2. The maximum atomic E-state index is 11.2. The lowest BCUT2D eigenvalue weighted by molar-refractivity contribution is -0.123. The van der Waals surface area contributed by atoms with Crippen molar-refractivity contribution in [3.63, 3.8) is 0 Å². The molecule has 0 radical (unpaired) electrons. The Bertz CT molecular complexity index is 562. The van der Waals surface area contributed by atoms with Gasteiger partial charge in [0.1, 0.15) is 0 Å². The van der Waals surface area contributed by atoms with Crippen LogP contribution in [0.3, 0.4) is 0 Å². The fourth-order valence-corrected chi connectivity index (χ4v) is 1.84. The lowest BCUT2D eigenvalue weighted by Crippen LogP contribution is -2.21. The Labute approximate surface area is 108 Å². The van der Waals surface area contributed by atoms with E-state index in [1.54, 1.807) is 24.3 Å². The van der Waals surface area contributed by atoms with Crippen LogP contribution in [-0.2, 0) is 9.59 Å². The molecule has 1 aliphatic rings. The number of nitrogens with one attached hydrogen (secondary N) is 1. The molecule has 0 aromatic heterocycles. The van der Waals surface area contributed by atoms with E-state index in [1.807, 2.05) is 0 Å². The molecule has 0 bridgehead atoms. The van der Waals surface area contributed by atoms with Crippen LogP contribution >= 0.6 is 23.2 Å². The van der Waals surface area contributed by atoms with E-state index in [4.69, 9.17) is 23.2 Å². The average Bonchev–Trinajstić information content (AvgIpc) is 2.56. The molecule has 0 aliphatic carbocycles. The highest BCUT2D eigenvalue weighted by Gasteiger charge is 2.17. The monoisotopic (exact) mass is 267 g/mol. The number of carbonyl (C=O) groups is 2. The van der Waals surface area contributed by atoms with Crippen molar-refractivity contribution in [2.45, 2.75) is 0 Å². The van der Waals surface area contributed by atoms with E-state index in [1.165, 1.54) is 12.2 Å². The van der Waals surface area contributed by atoms with E-state index in [0.29, 0.717) is 15.6 Å². The van der Waals surface area contributed by atoms with E-state index in [-0.39, 0.29) is 0 Å². The van der Waals surface area contributed by atoms with Crippen LogP contribution < -0.4 is 5.32 Å². The zero-order valence-electron chi connectivity index (χ0n) is 8.54. The van der Waals surface area contributed by atoms with Crippen LogP contribution in [0.4, 0.5) is 0 Å². The summed E-state index contributed by atoms with van der Waals surface area (Å²) in [7, 11) is 0. The number of halogens is 2. The van der Waals surface area contributed by atoms with Crippen LogP contribution in [0, 0.1) is 0 Å². The number of hydrogen-bond acceptors (Lipinski definition) is 2. The summed E-state index contributed by atoms with van der Waals surface area (Å²) in [6.45, 7) is 0. The van der Waals surface area contributed by atoms with Gasteiger partial charge >= 0.3 is 0 Å². The van der Waals surface area contributed by atoms with Crippen molar-refractivity contribution in [3.05, 3.63) is 51.5 Å². The first-order chi connectivity index (χ1) is 8.06. The molecular formula is C12H7Cl2NO2. The summed E-state index contributed by atoms with van der Waals surface area (Å²) in [4.78, 5) is 22.1. The molecule has 2 amide bonds. The van der Waals surface area contributed by atoms with Crippen molar-refractivity contribution < 1.29 is 9.59 Å².